The summed E-state index contributed by atoms with van der Waals surface area (Å²) in [6, 6.07) is 2.01. The monoisotopic (exact) mass is 294 g/mol. The minimum atomic E-state index is -0.687. The summed E-state index contributed by atoms with van der Waals surface area (Å²) in [6.45, 7) is 0. The van der Waals surface area contributed by atoms with Gasteiger partial charge in [-0.2, -0.15) is 0 Å². The number of rotatable bonds is 4. The van der Waals surface area contributed by atoms with E-state index in [1.165, 1.54) is 17.6 Å². The molecule has 0 aliphatic heterocycles. The second kappa shape index (κ2) is 5.58. The Morgan fingerprint density at radius 3 is 2.80 bits per heavy atom. The predicted octanol–water partition coefficient (Wildman–Crippen LogP) is 2.25. The van der Waals surface area contributed by atoms with Crippen LogP contribution >= 0.6 is 11.3 Å². The molecular weight excluding hydrogens is 280 g/mol. The van der Waals surface area contributed by atoms with E-state index in [1.54, 1.807) is 6.07 Å². The predicted molar refractivity (Wildman–Crippen MR) is 72.4 cm³/mol. The highest BCUT2D eigenvalue weighted by molar-refractivity contribution is 7.18. The van der Waals surface area contributed by atoms with E-state index in [-0.39, 0.29) is 12.0 Å². The Morgan fingerprint density at radius 1 is 1.35 bits per heavy atom. The summed E-state index contributed by atoms with van der Waals surface area (Å²) in [4.78, 5) is 10.9. The van der Waals surface area contributed by atoms with E-state index in [1.807, 2.05) is 0 Å². The van der Waals surface area contributed by atoms with Gasteiger partial charge in [-0.25, -0.2) is 0 Å². The van der Waals surface area contributed by atoms with Gasteiger partial charge in [-0.15, -0.1) is 10.2 Å². The number of hydrogen-bond acceptors (Lipinski definition) is 7. The third kappa shape index (κ3) is 2.79. The van der Waals surface area contributed by atoms with Crippen LogP contribution in [0.1, 0.15) is 25.7 Å². The van der Waals surface area contributed by atoms with Crippen molar-refractivity contribution < 1.29 is 14.4 Å². The van der Waals surface area contributed by atoms with Crippen LogP contribution in [-0.2, 0) is 4.79 Å². The lowest BCUT2D eigenvalue weighted by Gasteiger charge is -2.26. The van der Waals surface area contributed by atoms with Crippen LogP contribution in [0.15, 0.2) is 16.9 Å². The molecule has 1 fully saturated rings. The molecule has 106 valence electrons. The Labute approximate surface area is 119 Å². The van der Waals surface area contributed by atoms with Gasteiger partial charge < -0.3 is 14.9 Å². The first kappa shape index (κ1) is 13.0. The Kier molecular flexibility index (Phi) is 3.64. The molecule has 0 atom stereocenters. The highest BCUT2D eigenvalue weighted by Crippen LogP contribution is 2.29. The van der Waals surface area contributed by atoms with Gasteiger partial charge in [-0.1, -0.05) is 16.5 Å². The third-order valence-electron chi connectivity index (χ3n) is 3.49. The molecule has 3 rings (SSSR count). The zero-order chi connectivity index (χ0) is 13.9. The van der Waals surface area contributed by atoms with Crippen LogP contribution in [-0.4, -0.2) is 32.5 Å². The average molecular weight is 294 g/mol. The van der Waals surface area contributed by atoms with Crippen molar-refractivity contribution in [2.45, 2.75) is 31.7 Å². The summed E-state index contributed by atoms with van der Waals surface area (Å²) in [5.74, 6) is -0.888. The summed E-state index contributed by atoms with van der Waals surface area (Å²) in [7, 11) is 0. The van der Waals surface area contributed by atoms with Crippen LogP contribution in [0.2, 0.25) is 0 Å². The van der Waals surface area contributed by atoms with Crippen LogP contribution in [0.4, 0.5) is 5.13 Å². The highest BCUT2D eigenvalue weighted by atomic mass is 32.1. The van der Waals surface area contributed by atoms with Crippen molar-refractivity contribution in [3.05, 3.63) is 12.3 Å². The molecule has 2 aromatic rings. The van der Waals surface area contributed by atoms with E-state index in [0.717, 1.165) is 18.0 Å². The van der Waals surface area contributed by atoms with Crippen molar-refractivity contribution in [2.24, 2.45) is 5.92 Å². The number of aliphatic carboxylic acids is 1. The topological polar surface area (TPSA) is 101 Å². The molecule has 0 amide bonds. The second-order valence-corrected chi connectivity index (χ2v) is 5.81. The number of anilines is 1. The minimum Gasteiger partial charge on any atom is -0.481 e. The summed E-state index contributed by atoms with van der Waals surface area (Å²) >= 11 is 1.42. The lowest BCUT2D eigenvalue weighted by Crippen LogP contribution is -2.29. The number of nitrogens with one attached hydrogen (secondary N) is 1. The fourth-order valence-corrected chi connectivity index (χ4v) is 3.15. The largest absolute Gasteiger partial charge is 0.481 e. The van der Waals surface area contributed by atoms with Crippen LogP contribution in [0, 0.1) is 5.92 Å². The Morgan fingerprint density at radius 2 is 2.15 bits per heavy atom. The SMILES string of the molecule is O=C(O)C1CCC(Nc2nnc(-c3ccon3)s2)CC1. The molecule has 0 bridgehead atoms. The van der Waals surface area contributed by atoms with Crippen LogP contribution < -0.4 is 5.32 Å². The van der Waals surface area contributed by atoms with Crippen molar-refractivity contribution in [1.82, 2.24) is 15.4 Å². The molecule has 1 aliphatic carbocycles. The van der Waals surface area contributed by atoms with Crippen molar-refractivity contribution in [2.75, 3.05) is 5.32 Å². The van der Waals surface area contributed by atoms with Crippen molar-refractivity contribution >= 4 is 22.4 Å². The van der Waals surface area contributed by atoms with Crippen LogP contribution in [0.25, 0.3) is 10.7 Å². The molecule has 0 aromatic carbocycles. The molecular formula is C12H14N4O3S. The van der Waals surface area contributed by atoms with Gasteiger partial charge in [0.25, 0.3) is 0 Å². The van der Waals surface area contributed by atoms with Crippen LogP contribution in [0.3, 0.4) is 0 Å². The Balaban J connectivity index is 1.58. The summed E-state index contributed by atoms with van der Waals surface area (Å²) in [5, 5.41) is 25.7. The fraction of sp³-hybridized carbons (Fsp3) is 0.500. The highest BCUT2D eigenvalue weighted by Gasteiger charge is 2.26. The van der Waals surface area contributed by atoms with E-state index in [9.17, 15) is 4.79 Å². The first-order chi connectivity index (χ1) is 9.72. The summed E-state index contributed by atoms with van der Waals surface area (Å²) in [5.41, 5.74) is 0.671. The molecule has 0 spiro atoms. The zero-order valence-corrected chi connectivity index (χ0v) is 11.5. The van der Waals surface area contributed by atoms with Crippen molar-refractivity contribution in [3.8, 4) is 10.7 Å². The van der Waals surface area contributed by atoms with E-state index < -0.39 is 5.97 Å². The van der Waals surface area contributed by atoms with Gasteiger partial charge in [0.15, 0.2) is 5.01 Å². The van der Waals surface area contributed by atoms with E-state index in [4.69, 9.17) is 9.63 Å². The number of carboxylic acids is 1. The zero-order valence-electron chi connectivity index (χ0n) is 10.7. The molecule has 2 heterocycles. The normalized spacial score (nSPS) is 22.6. The first-order valence-corrected chi connectivity index (χ1v) is 7.27. The third-order valence-corrected chi connectivity index (χ3v) is 4.36. The molecule has 7 nitrogen and oxygen atoms in total. The van der Waals surface area contributed by atoms with E-state index in [0.29, 0.717) is 23.5 Å². The summed E-state index contributed by atoms with van der Waals surface area (Å²) in [6.07, 6.45) is 4.60. The first-order valence-electron chi connectivity index (χ1n) is 6.46. The van der Waals surface area contributed by atoms with Gasteiger partial charge >= 0.3 is 5.97 Å². The molecule has 0 saturated heterocycles. The number of carbonyl (C=O) groups is 1. The maximum atomic E-state index is 10.9. The number of carboxylic acid groups (broad SMARTS) is 1. The second-order valence-electron chi connectivity index (χ2n) is 4.83. The van der Waals surface area contributed by atoms with Gasteiger partial charge in [0, 0.05) is 12.1 Å². The maximum absolute atomic E-state index is 10.9. The Hall–Kier alpha value is -1.96. The van der Waals surface area contributed by atoms with Gasteiger partial charge in [-0.3, -0.25) is 4.79 Å². The van der Waals surface area contributed by atoms with E-state index in [2.05, 4.69) is 20.7 Å². The fourth-order valence-electron chi connectivity index (χ4n) is 2.37. The number of hydrogen-bond donors (Lipinski definition) is 2. The smallest absolute Gasteiger partial charge is 0.306 e. The molecule has 0 unspecified atom stereocenters. The lowest BCUT2D eigenvalue weighted by molar-refractivity contribution is -0.142. The lowest BCUT2D eigenvalue weighted by atomic mass is 9.86. The van der Waals surface area contributed by atoms with Crippen molar-refractivity contribution in [3.63, 3.8) is 0 Å². The quantitative estimate of drug-likeness (QED) is 0.891. The standard InChI is InChI=1S/C12H14N4O3S/c17-11(18)7-1-3-8(4-2-7)13-12-15-14-10(20-12)9-5-6-19-16-9/h5-8H,1-4H2,(H,13,15)(H,17,18). The number of aromatic nitrogens is 3. The molecule has 0 radical (unpaired) electrons. The molecule has 1 saturated carbocycles. The van der Waals surface area contributed by atoms with Crippen molar-refractivity contribution in [1.29, 1.82) is 0 Å². The average Bonchev–Trinajstić information content (AvgIpc) is 3.09. The summed E-state index contributed by atoms with van der Waals surface area (Å²) < 4.78 is 4.78. The van der Waals surface area contributed by atoms with Gasteiger partial charge in [-0.05, 0) is 25.7 Å². The molecule has 20 heavy (non-hydrogen) atoms. The number of nitrogens with zero attached hydrogens (tertiary/aromatic N) is 3. The Bertz CT molecular complexity index is 575. The van der Waals surface area contributed by atoms with Crippen LogP contribution in [0.5, 0.6) is 0 Å². The molecule has 8 heteroatoms. The van der Waals surface area contributed by atoms with Gasteiger partial charge in [0.05, 0.1) is 5.92 Å². The van der Waals surface area contributed by atoms with E-state index >= 15 is 0 Å². The molecule has 2 N–H and O–H groups in total. The molecule has 2 aromatic heterocycles. The molecule has 1 aliphatic rings. The minimum absolute atomic E-state index is 0.201. The maximum Gasteiger partial charge on any atom is 0.306 e. The van der Waals surface area contributed by atoms with Gasteiger partial charge in [0.1, 0.15) is 12.0 Å². The van der Waals surface area contributed by atoms with Gasteiger partial charge in [0.2, 0.25) is 5.13 Å².